The lowest BCUT2D eigenvalue weighted by Gasteiger charge is -2.26. The molecule has 8 heteroatoms. The van der Waals surface area contributed by atoms with E-state index in [1.54, 1.807) is 67.6 Å². The monoisotopic (exact) mass is 415 g/mol. The van der Waals surface area contributed by atoms with Crippen LogP contribution in [0.15, 0.2) is 60.7 Å². The Morgan fingerprint density at radius 3 is 2.30 bits per heavy atom. The van der Waals surface area contributed by atoms with Crippen LogP contribution >= 0.6 is 0 Å². The lowest BCUT2D eigenvalue weighted by Crippen LogP contribution is -2.46. The molecular weight excluding hydrogens is 390 g/mol. The summed E-state index contributed by atoms with van der Waals surface area (Å²) in [7, 11) is 1.37. The Kier molecular flexibility index (Phi) is 7.53. The first-order valence-corrected chi connectivity index (χ1v) is 9.65. The predicted octanol–water partition coefficient (Wildman–Crippen LogP) is 1.80. The highest BCUT2D eigenvalue weighted by atomic mass is 16.7. The van der Waals surface area contributed by atoms with E-state index in [4.69, 9.17) is 18.9 Å². The second-order valence-corrected chi connectivity index (χ2v) is 6.66. The van der Waals surface area contributed by atoms with Crippen molar-refractivity contribution in [3.05, 3.63) is 71.8 Å². The third kappa shape index (κ3) is 5.03. The maximum Gasteiger partial charge on any atom is 0.338 e. The molecule has 1 heterocycles. The number of rotatable bonds is 8. The summed E-state index contributed by atoms with van der Waals surface area (Å²) in [6, 6.07) is 17.1. The number of likely N-dealkylation sites (N-methyl/N-ethyl adjacent to an activating group) is 1. The summed E-state index contributed by atoms with van der Waals surface area (Å²) in [5.41, 5.74) is 0.817. The van der Waals surface area contributed by atoms with Crippen LogP contribution in [-0.4, -0.2) is 55.2 Å². The molecule has 3 rings (SSSR count). The minimum Gasteiger partial charge on any atom is -0.450 e. The van der Waals surface area contributed by atoms with E-state index in [1.165, 1.54) is 7.11 Å². The largest absolute Gasteiger partial charge is 0.450 e. The first-order valence-electron chi connectivity index (χ1n) is 9.65. The highest BCUT2D eigenvalue weighted by Crippen LogP contribution is 2.31. The molecule has 30 heavy (non-hydrogen) atoms. The summed E-state index contributed by atoms with van der Waals surface area (Å²) in [5.74, 6) is -1.08. The van der Waals surface area contributed by atoms with E-state index in [1.807, 2.05) is 0 Å². The molecule has 1 saturated heterocycles. The lowest BCUT2D eigenvalue weighted by atomic mass is 10.1. The molecule has 1 aliphatic heterocycles. The Morgan fingerprint density at radius 1 is 1.07 bits per heavy atom. The van der Waals surface area contributed by atoms with E-state index in [0.29, 0.717) is 17.7 Å². The standard InChI is InChI=1S/C22H25NO7/c1-3-23-19(24)17-16(28-20(25)14-10-6-4-7-11-14)18(22(27-2)30-17)29-21(26)15-12-8-5-9-13-15/h4-13,16-18,20,22,25H,3H2,1-2H3,(H,23,24)/t16-,17+,18-,20?,22?/m1/s1. The molecule has 0 radical (unpaired) electrons. The molecule has 1 fully saturated rings. The molecule has 2 N–H and O–H groups in total. The molecule has 2 aromatic carbocycles. The first kappa shape index (κ1) is 21.9. The van der Waals surface area contributed by atoms with Crippen molar-refractivity contribution in [3.8, 4) is 0 Å². The van der Waals surface area contributed by atoms with Crippen molar-refractivity contribution in [3.63, 3.8) is 0 Å². The van der Waals surface area contributed by atoms with E-state index in [-0.39, 0.29) is 0 Å². The summed E-state index contributed by atoms with van der Waals surface area (Å²) in [5, 5.41) is 13.2. The Balaban J connectivity index is 1.85. The molecule has 2 aromatic rings. The van der Waals surface area contributed by atoms with Gasteiger partial charge in [0.25, 0.3) is 5.91 Å². The van der Waals surface area contributed by atoms with Gasteiger partial charge in [-0.3, -0.25) is 4.79 Å². The van der Waals surface area contributed by atoms with E-state index in [2.05, 4.69) is 5.32 Å². The number of ether oxygens (including phenoxy) is 4. The van der Waals surface area contributed by atoms with Crippen molar-refractivity contribution >= 4 is 11.9 Å². The fraction of sp³-hybridized carbons (Fsp3) is 0.364. The average molecular weight is 415 g/mol. The number of nitrogens with one attached hydrogen (secondary N) is 1. The number of hydrogen-bond acceptors (Lipinski definition) is 7. The van der Waals surface area contributed by atoms with Gasteiger partial charge in [0.15, 0.2) is 24.8 Å². The second kappa shape index (κ2) is 10.3. The molecule has 0 bridgehead atoms. The molecule has 0 aliphatic carbocycles. The van der Waals surface area contributed by atoms with Gasteiger partial charge in [0.2, 0.25) is 0 Å². The van der Waals surface area contributed by atoms with Gasteiger partial charge < -0.3 is 29.4 Å². The van der Waals surface area contributed by atoms with Crippen LogP contribution in [0.1, 0.15) is 29.1 Å². The van der Waals surface area contributed by atoms with Crippen LogP contribution in [0.25, 0.3) is 0 Å². The van der Waals surface area contributed by atoms with Crippen LogP contribution in [0.4, 0.5) is 0 Å². The van der Waals surface area contributed by atoms with Crippen LogP contribution in [-0.2, 0) is 23.7 Å². The zero-order valence-corrected chi connectivity index (χ0v) is 16.8. The molecule has 1 amide bonds. The number of esters is 1. The summed E-state index contributed by atoms with van der Waals surface area (Å²) < 4.78 is 22.3. The molecule has 5 atom stereocenters. The van der Waals surface area contributed by atoms with E-state index < -0.39 is 42.8 Å². The van der Waals surface area contributed by atoms with Gasteiger partial charge in [0, 0.05) is 19.2 Å². The number of aliphatic hydroxyl groups is 1. The smallest absolute Gasteiger partial charge is 0.338 e. The first-order chi connectivity index (χ1) is 14.5. The highest BCUT2D eigenvalue weighted by Gasteiger charge is 2.52. The molecule has 0 saturated carbocycles. The van der Waals surface area contributed by atoms with Gasteiger partial charge in [-0.05, 0) is 19.1 Å². The molecule has 1 aliphatic rings. The Labute approximate surface area is 174 Å². The predicted molar refractivity (Wildman–Crippen MR) is 106 cm³/mol. The number of carbonyl (C=O) groups excluding carboxylic acids is 2. The molecule has 0 aromatic heterocycles. The Bertz CT molecular complexity index is 830. The number of aliphatic hydroxyl groups excluding tert-OH is 1. The van der Waals surface area contributed by atoms with Crippen molar-refractivity contribution in [2.24, 2.45) is 0 Å². The number of hydrogen-bond donors (Lipinski definition) is 2. The van der Waals surface area contributed by atoms with E-state index in [9.17, 15) is 14.7 Å². The van der Waals surface area contributed by atoms with Crippen LogP contribution in [0.5, 0.6) is 0 Å². The number of benzene rings is 2. The third-order valence-electron chi connectivity index (χ3n) is 4.64. The maximum atomic E-state index is 12.6. The van der Waals surface area contributed by atoms with Crippen molar-refractivity contribution < 1.29 is 33.6 Å². The lowest BCUT2D eigenvalue weighted by molar-refractivity contribution is -0.176. The topological polar surface area (TPSA) is 103 Å². The van der Waals surface area contributed by atoms with Crippen LogP contribution < -0.4 is 5.32 Å². The van der Waals surface area contributed by atoms with Crippen LogP contribution in [0.3, 0.4) is 0 Å². The minimum atomic E-state index is -1.36. The second-order valence-electron chi connectivity index (χ2n) is 6.66. The molecule has 8 nitrogen and oxygen atoms in total. The summed E-state index contributed by atoms with van der Waals surface area (Å²) in [4.78, 5) is 25.2. The van der Waals surface area contributed by atoms with Crippen LogP contribution in [0.2, 0.25) is 0 Å². The van der Waals surface area contributed by atoms with Gasteiger partial charge in [0.05, 0.1) is 5.56 Å². The fourth-order valence-corrected chi connectivity index (χ4v) is 3.18. The van der Waals surface area contributed by atoms with Gasteiger partial charge in [-0.15, -0.1) is 0 Å². The van der Waals surface area contributed by atoms with Crippen molar-refractivity contribution in [1.82, 2.24) is 5.32 Å². The van der Waals surface area contributed by atoms with Gasteiger partial charge in [-0.2, -0.15) is 0 Å². The zero-order chi connectivity index (χ0) is 21.5. The van der Waals surface area contributed by atoms with Crippen LogP contribution in [0, 0.1) is 0 Å². The summed E-state index contributed by atoms with van der Waals surface area (Å²) >= 11 is 0. The summed E-state index contributed by atoms with van der Waals surface area (Å²) in [6.07, 6.45) is -5.71. The Hall–Kier alpha value is -2.78. The van der Waals surface area contributed by atoms with Crippen molar-refractivity contribution in [2.45, 2.75) is 37.8 Å². The van der Waals surface area contributed by atoms with Gasteiger partial charge in [-0.25, -0.2) is 4.79 Å². The molecule has 2 unspecified atom stereocenters. The quantitative estimate of drug-likeness (QED) is 0.500. The highest BCUT2D eigenvalue weighted by molar-refractivity contribution is 5.89. The fourth-order valence-electron chi connectivity index (χ4n) is 3.18. The average Bonchev–Trinajstić information content (AvgIpc) is 3.12. The van der Waals surface area contributed by atoms with Crippen molar-refractivity contribution in [1.29, 1.82) is 0 Å². The SMILES string of the molecule is CCNC(=O)[C@H]1OC(OC)[C@H](OC(=O)c2ccccc2)[C@@H]1OC(O)c1ccccc1. The van der Waals surface area contributed by atoms with E-state index in [0.717, 1.165) is 0 Å². The third-order valence-corrected chi connectivity index (χ3v) is 4.64. The van der Waals surface area contributed by atoms with Gasteiger partial charge in [-0.1, -0.05) is 48.5 Å². The number of carbonyl (C=O) groups is 2. The number of methoxy groups -OCH3 is 1. The van der Waals surface area contributed by atoms with E-state index >= 15 is 0 Å². The minimum absolute atomic E-state index is 0.330. The molecule has 160 valence electrons. The maximum absolute atomic E-state index is 12.6. The zero-order valence-electron chi connectivity index (χ0n) is 16.8. The van der Waals surface area contributed by atoms with Gasteiger partial charge in [0.1, 0.15) is 6.10 Å². The van der Waals surface area contributed by atoms with Gasteiger partial charge >= 0.3 is 5.97 Å². The number of amides is 1. The van der Waals surface area contributed by atoms with Crippen molar-refractivity contribution in [2.75, 3.05) is 13.7 Å². The molecular formula is C22H25NO7. The molecule has 0 spiro atoms. The Morgan fingerprint density at radius 2 is 1.70 bits per heavy atom. The summed E-state index contributed by atoms with van der Waals surface area (Å²) in [6.45, 7) is 2.14. The normalized spacial score (nSPS) is 24.2.